The maximum absolute atomic E-state index is 12.6. The smallest absolute Gasteiger partial charge is 0.255 e. The van der Waals surface area contributed by atoms with Gasteiger partial charge in [-0.1, -0.05) is 6.07 Å². The zero-order valence-electron chi connectivity index (χ0n) is 16.1. The van der Waals surface area contributed by atoms with E-state index in [1.165, 1.54) is 6.33 Å². The first-order valence-corrected chi connectivity index (χ1v) is 9.08. The molecule has 0 bridgehead atoms. The molecule has 0 fully saturated rings. The molecular weight excluding hydrogens is 356 g/mol. The Kier molecular flexibility index (Phi) is 5.78. The molecule has 2 amide bonds. The van der Waals surface area contributed by atoms with Crippen LogP contribution in [-0.2, 0) is 0 Å². The maximum atomic E-state index is 12.6. The number of nitrogens with zero attached hydrogens (tertiary/aromatic N) is 5. The first-order valence-electron chi connectivity index (χ1n) is 9.08. The van der Waals surface area contributed by atoms with Crippen molar-refractivity contribution in [2.75, 3.05) is 18.4 Å². The average molecular weight is 378 g/mol. The number of carbonyl (C=O) groups excluding carboxylic acids is 2. The highest BCUT2D eigenvalue weighted by Gasteiger charge is 2.14. The van der Waals surface area contributed by atoms with Gasteiger partial charge in [0.05, 0.1) is 5.69 Å². The van der Waals surface area contributed by atoms with Crippen molar-refractivity contribution in [2.45, 2.75) is 20.8 Å². The lowest BCUT2D eigenvalue weighted by atomic mass is 10.1. The van der Waals surface area contributed by atoms with E-state index >= 15 is 0 Å². The molecule has 1 N–H and O–H groups in total. The Labute approximate surface area is 163 Å². The van der Waals surface area contributed by atoms with Gasteiger partial charge >= 0.3 is 0 Å². The van der Waals surface area contributed by atoms with E-state index in [2.05, 4.69) is 20.8 Å². The molecule has 0 saturated carbocycles. The monoisotopic (exact) mass is 378 g/mol. The highest BCUT2D eigenvalue weighted by molar-refractivity contribution is 6.05. The summed E-state index contributed by atoms with van der Waals surface area (Å²) in [6.45, 7) is 7.04. The van der Waals surface area contributed by atoms with E-state index in [9.17, 15) is 9.59 Å². The van der Waals surface area contributed by atoms with Gasteiger partial charge in [0.15, 0.2) is 0 Å². The molecule has 0 radical (unpaired) electrons. The van der Waals surface area contributed by atoms with E-state index in [4.69, 9.17) is 0 Å². The summed E-state index contributed by atoms with van der Waals surface area (Å²) in [5, 5.41) is 14.0. The number of tetrazole rings is 1. The molecule has 28 heavy (non-hydrogen) atoms. The number of rotatable bonds is 6. The molecule has 0 aliphatic carbocycles. The van der Waals surface area contributed by atoms with E-state index in [0.29, 0.717) is 29.9 Å². The molecule has 2 aromatic carbocycles. The minimum Gasteiger partial charge on any atom is -0.339 e. The number of aryl methyl sites for hydroxylation is 1. The normalized spacial score (nSPS) is 10.5. The van der Waals surface area contributed by atoms with E-state index in [1.807, 2.05) is 20.8 Å². The van der Waals surface area contributed by atoms with Crippen LogP contribution in [0, 0.1) is 6.92 Å². The second-order valence-electron chi connectivity index (χ2n) is 6.27. The van der Waals surface area contributed by atoms with Crippen LogP contribution in [0.5, 0.6) is 0 Å². The molecule has 0 spiro atoms. The second kappa shape index (κ2) is 8.43. The van der Waals surface area contributed by atoms with Crippen molar-refractivity contribution in [3.63, 3.8) is 0 Å². The summed E-state index contributed by atoms with van der Waals surface area (Å²) >= 11 is 0. The molecular formula is C20H22N6O2. The van der Waals surface area contributed by atoms with Gasteiger partial charge < -0.3 is 10.2 Å². The predicted octanol–water partition coefficient (Wildman–Crippen LogP) is 2.71. The van der Waals surface area contributed by atoms with Gasteiger partial charge in [-0.25, -0.2) is 4.68 Å². The molecule has 0 unspecified atom stereocenters. The Morgan fingerprint density at radius 1 is 1.07 bits per heavy atom. The Morgan fingerprint density at radius 2 is 1.86 bits per heavy atom. The van der Waals surface area contributed by atoms with Crippen LogP contribution in [0.25, 0.3) is 5.69 Å². The maximum Gasteiger partial charge on any atom is 0.255 e. The van der Waals surface area contributed by atoms with Crippen LogP contribution in [-0.4, -0.2) is 50.0 Å². The predicted molar refractivity (Wildman–Crippen MR) is 106 cm³/mol. The fourth-order valence-corrected chi connectivity index (χ4v) is 2.95. The van der Waals surface area contributed by atoms with Crippen LogP contribution in [0.1, 0.15) is 40.1 Å². The fourth-order valence-electron chi connectivity index (χ4n) is 2.95. The molecule has 144 valence electrons. The molecule has 0 atom stereocenters. The average Bonchev–Trinajstić information content (AvgIpc) is 3.23. The van der Waals surface area contributed by atoms with Crippen molar-refractivity contribution in [2.24, 2.45) is 0 Å². The van der Waals surface area contributed by atoms with Crippen LogP contribution in [0.15, 0.2) is 48.8 Å². The third-order valence-electron chi connectivity index (χ3n) is 4.47. The fraction of sp³-hybridized carbons (Fsp3) is 0.250. The number of anilines is 1. The van der Waals surface area contributed by atoms with E-state index in [1.54, 1.807) is 52.0 Å². The van der Waals surface area contributed by atoms with Gasteiger partial charge in [0, 0.05) is 29.9 Å². The summed E-state index contributed by atoms with van der Waals surface area (Å²) in [5.74, 6) is -0.304. The Hall–Kier alpha value is -3.55. The number of benzene rings is 2. The highest BCUT2D eigenvalue weighted by atomic mass is 16.2. The number of carbonyl (C=O) groups is 2. The summed E-state index contributed by atoms with van der Waals surface area (Å²) in [4.78, 5) is 26.9. The van der Waals surface area contributed by atoms with Crippen molar-refractivity contribution < 1.29 is 9.59 Å². The van der Waals surface area contributed by atoms with Crippen molar-refractivity contribution in [1.82, 2.24) is 25.1 Å². The third-order valence-corrected chi connectivity index (χ3v) is 4.47. The van der Waals surface area contributed by atoms with Crippen molar-refractivity contribution >= 4 is 17.5 Å². The molecule has 0 aliphatic heterocycles. The van der Waals surface area contributed by atoms with Crippen LogP contribution >= 0.6 is 0 Å². The Morgan fingerprint density at radius 3 is 2.50 bits per heavy atom. The summed E-state index contributed by atoms with van der Waals surface area (Å²) in [5.41, 5.74) is 3.30. The molecule has 3 rings (SSSR count). The molecule has 8 nitrogen and oxygen atoms in total. The SMILES string of the molecule is CCN(CC)C(=O)c1cccc(NC(=O)c2ccc(-n3cnnn3)c(C)c2)c1. The summed E-state index contributed by atoms with van der Waals surface area (Å²) in [7, 11) is 0. The van der Waals surface area contributed by atoms with Crippen LogP contribution < -0.4 is 5.32 Å². The zero-order chi connectivity index (χ0) is 20.1. The number of aromatic nitrogens is 4. The van der Waals surface area contributed by atoms with Crippen molar-refractivity contribution in [3.8, 4) is 5.69 Å². The standard InChI is InChI=1S/C20H22N6O2/c1-4-25(5-2)20(28)16-7-6-8-17(12-16)22-19(27)15-9-10-18(14(3)11-15)26-13-21-23-24-26/h6-13H,4-5H2,1-3H3,(H,22,27). The number of hydrogen-bond acceptors (Lipinski definition) is 5. The van der Waals surface area contributed by atoms with Gasteiger partial charge in [-0.3, -0.25) is 9.59 Å². The van der Waals surface area contributed by atoms with Crippen LogP contribution in [0.2, 0.25) is 0 Å². The van der Waals surface area contributed by atoms with Gasteiger partial charge in [0.25, 0.3) is 11.8 Å². The van der Waals surface area contributed by atoms with E-state index < -0.39 is 0 Å². The lowest BCUT2D eigenvalue weighted by Crippen LogP contribution is -2.30. The van der Waals surface area contributed by atoms with E-state index in [-0.39, 0.29) is 11.8 Å². The van der Waals surface area contributed by atoms with Gasteiger partial charge in [-0.2, -0.15) is 0 Å². The summed E-state index contributed by atoms with van der Waals surface area (Å²) < 4.78 is 1.54. The molecule has 3 aromatic rings. The number of hydrogen-bond donors (Lipinski definition) is 1. The lowest BCUT2D eigenvalue weighted by molar-refractivity contribution is 0.0772. The topological polar surface area (TPSA) is 93.0 Å². The molecule has 1 aromatic heterocycles. The zero-order valence-corrected chi connectivity index (χ0v) is 16.1. The lowest BCUT2D eigenvalue weighted by Gasteiger charge is -2.19. The van der Waals surface area contributed by atoms with Crippen molar-refractivity contribution in [1.29, 1.82) is 0 Å². The molecule has 0 saturated heterocycles. The Bertz CT molecular complexity index is 980. The van der Waals surface area contributed by atoms with Gasteiger partial charge in [0.1, 0.15) is 6.33 Å². The van der Waals surface area contributed by atoms with Crippen LogP contribution in [0.3, 0.4) is 0 Å². The van der Waals surface area contributed by atoms with Crippen LogP contribution in [0.4, 0.5) is 5.69 Å². The number of amides is 2. The largest absolute Gasteiger partial charge is 0.339 e. The molecule has 0 aliphatic rings. The molecule has 1 heterocycles. The minimum atomic E-state index is -0.251. The Balaban J connectivity index is 1.77. The number of nitrogens with one attached hydrogen (secondary N) is 1. The van der Waals surface area contributed by atoms with Gasteiger partial charge in [0.2, 0.25) is 0 Å². The first kappa shape index (κ1) is 19.2. The highest BCUT2D eigenvalue weighted by Crippen LogP contribution is 2.17. The van der Waals surface area contributed by atoms with Gasteiger partial charge in [-0.05, 0) is 73.2 Å². The van der Waals surface area contributed by atoms with E-state index in [0.717, 1.165) is 11.3 Å². The first-order chi connectivity index (χ1) is 13.5. The quantitative estimate of drug-likeness (QED) is 0.712. The third kappa shape index (κ3) is 4.06. The molecule has 8 heteroatoms. The minimum absolute atomic E-state index is 0.0530. The van der Waals surface area contributed by atoms with Gasteiger partial charge in [-0.15, -0.1) is 5.10 Å². The second-order valence-corrected chi connectivity index (χ2v) is 6.27. The summed E-state index contributed by atoms with van der Waals surface area (Å²) in [6.07, 6.45) is 1.50. The van der Waals surface area contributed by atoms with Crippen molar-refractivity contribution in [3.05, 3.63) is 65.5 Å². The summed E-state index contributed by atoms with van der Waals surface area (Å²) in [6, 6.07) is 12.3.